The highest BCUT2D eigenvalue weighted by atomic mass is 32.2. The first-order chi connectivity index (χ1) is 12.1. The topological polar surface area (TPSA) is 61.9 Å². The molecular formula is C18H35N3O3S. The zero-order valence-electron chi connectivity index (χ0n) is 15.7. The van der Waals surface area contributed by atoms with Gasteiger partial charge in [-0.1, -0.05) is 19.3 Å². The Bertz CT molecular complexity index is 512. The van der Waals surface area contributed by atoms with Gasteiger partial charge in [0, 0.05) is 32.3 Å². The molecule has 0 unspecified atom stereocenters. The molecule has 0 spiro atoms. The molecule has 146 valence electrons. The van der Waals surface area contributed by atoms with Gasteiger partial charge < -0.3 is 4.74 Å². The van der Waals surface area contributed by atoms with Gasteiger partial charge in [-0.05, 0) is 57.5 Å². The number of methoxy groups -OCH3 is 1. The van der Waals surface area contributed by atoms with Gasteiger partial charge in [-0.25, -0.2) is 4.72 Å². The third-order valence-electron chi connectivity index (χ3n) is 6.37. The molecule has 3 fully saturated rings. The van der Waals surface area contributed by atoms with E-state index >= 15 is 0 Å². The molecule has 1 saturated carbocycles. The molecule has 0 amide bonds. The number of ether oxygens (including phenoxy) is 1. The number of hydrogen-bond acceptors (Lipinski definition) is 4. The van der Waals surface area contributed by atoms with Crippen LogP contribution in [0.2, 0.25) is 0 Å². The van der Waals surface area contributed by atoms with Crippen molar-refractivity contribution in [3.8, 4) is 0 Å². The first kappa shape index (κ1) is 19.5. The molecule has 0 radical (unpaired) electrons. The lowest BCUT2D eigenvalue weighted by Crippen LogP contribution is -2.57. The number of nitrogens with zero attached hydrogens (tertiary/aromatic N) is 2. The molecule has 2 aliphatic heterocycles. The van der Waals surface area contributed by atoms with Crippen LogP contribution in [0.15, 0.2) is 0 Å². The fourth-order valence-electron chi connectivity index (χ4n) is 4.94. The minimum Gasteiger partial charge on any atom is -0.384 e. The molecule has 3 rings (SSSR count). The second-order valence-electron chi connectivity index (χ2n) is 8.13. The van der Waals surface area contributed by atoms with Crippen molar-refractivity contribution in [2.45, 2.75) is 63.3 Å². The smallest absolute Gasteiger partial charge is 0.279 e. The van der Waals surface area contributed by atoms with E-state index in [1.807, 2.05) is 0 Å². The Morgan fingerprint density at radius 2 is 1.76 bits per heavy atom. The normalized spacial score (nSPS) is 29.1. The summed E-state index contributed by atoms with van der Waals surface area (Å²) in [5, 5.41) is 0. The van der Waals surface area contributed by atoms with Gasteiger partial charge in [0.1, 0.15) is 0 Å². The maximum Gasteiger partial charge on any atom is 0.279 e. The molecule has 0 bridgehead atoms. The Morgan fingerprint density at radius 3 is 2.44 bits per heavy atom. The number of piperidine rings is 2. The summed E-state index contributed by atoms with van der Waals surface area (Å²) in [5.41, 5.74) is 0.0508. The van der Waals surface area contributed by atoms with Crippen molar-refractivity contribution in [3.63, 3.8) is 0 Å². The molecule has 25 heavy (non-hydrogen) atoms. The molecule has 0 aromatic heterocycles. The predicted molar refractivity (Wildman–Crippen MR) is 99.7 cm³/mol. The highest BCUT2D eigenvalue weighted by Crippen LogP contribution is 2.36. The quantitative estimate of drug-likeness (QED) is 0.741. The van der Waals surface area contributed by atoms with E-state index in [0.717, 1.165) is 38.8 Å². The SMILES string of the molecule is COC[C@H]1CCCN(S(=O)(=O)NCC2(N3CCCCC3)CCCC2)C1. The third kappa shape index (κ3) is 4.75. The van der Waals surface area contributed by atoms with E-state index in [1.54, 1.807) is 11.4 Å². The van der Waals surface area contributed by atoms with Crippen molar-refractivity contribution in [3.05, 3.63) is 0 Å². The van der Waals surface area contributed by atoms with Gasteiger partial charge in [0.2, 0.25) is 0 Å². The van der Waals surface area contributed by atoms with Crippen LogP contribution in [0.1, 0.15) is 57.8 Å². The van der Waals surface area contributed by atoms with Crippen LogP contribution in [0.3, 0.4) is 0 Å². The van der Waals surface area contributed by atoms with Crippen LogP contribution < -0.4 is 4.72 Å². The molecular weight excluding hydrogens is 338 g/mol. The summed E-state index contributed by atoms with van der Waals surface area (Å²) in [6, 6.07) is 0. The molecule has 0 aromatic rings. The van der Waals surface area contributed by atoms with E-state index in [-0.39, 0.29) is 5.54 Å². The minimum absolute atomic E-state index is 0.0508. The number of nitrogens with one attached hydrogen (secondary N) is 1. The Balaban J connectivity index is 1.61. The van der Waals surface area contributed by atoms with Gasteiger partial charge in [0.25, 0.3) is 10.2 Å². The average molecular weight is 374 g/mol. The van der Waals surface area contributed by atoms with Crippen molar-refractivity contribution < 1.29 is 13.2 Å². The fourth-order valence-corrected chi connectivity index (χ4v) is 6.35. The van der Waals surface area contributed by atoms with Crippen LogP contribution in [-0.2, 0) is 14.9 Å². The summed E-state index contributed by atoms with van der Waals surface area (Å²) in [6.45, 7) is 4.68. The van der Waals surface area contributed by atoms with E-state index in [9.17, 15) is 8.42 Å². The monoisotopic (exact) mass is 373 g/mol. The molecule has 1 N–H and O–H groups in total. The van der Waals surface area contributed by atoms with Crippen LogP contribution in [0.4, 0.5) is 0 Å². The molecule has 1 aliphatic carbocycles. The second-order valence-corrected chi connectivity index (χ2v) is 9.88. The molecule has 2 saturated heterocycles. The van der Waals surface area contributed by atoms with E-state index in [4.69, 9.17) is 4.74 Å². The van der Waals surface area contributed by atoms with Crippen molar-refractivity contribution in [1.82, 2.24) is 13.9 Å². The highest BCUT2D eigenvalue weighted by Gasteiger charge is 2.41. The third-order valence-corrected chi connectivity index (χ3v) is 7.89. The molecule has 3 aliphatic rings. The maximum absolute atomic E-state index is 12.9. The lowest BCUT2D eigenvalue weighted by Gasteiger charge is -2.44. The van der Waals surface area contributed by atoms with Crippen LogP contribution in [0.5, 0.6) is 0 Å². The van der Waals surface area contributed by atoms with E-state index < -0.39 is 10.2 Å². The summed E-state index contributed by atoms with van der Waals surface area (Å²) >= 11 is 0. The second kappa shape index (κ2) is 8.65. The van der Waals surface area contributed by atoms with E-state index in [0.29, 0.717) is 32.2 Å². The summed E-state index contributed by atoms with van der Waals surface area (Å²) < 4.78 is 35.6. The largest absolute Gasteiger partial charge is 0.384 e. The lowest BCUT2D eigenvalue weighted by atomic mass is 9.92. The zero-order valence-corrected chi connectivity index (χ0v) is 16.5. The summed E-state index contributed by atoms with van der Waals surface area (Å²) in [5.74, 6) is 0.317. The number of rotatable bonds is 7. The average Bonchev–Trinajstić information content (AvgIpc) is 3.12. The van der Waals surface area contributed by atoms with Gasteiger partial charge in [-0.2, -0.15) is 12.7 Å². The van der Waals surface area contributed by atoms with Gasteiger partial charge in [0.05, 0.1) is 6.61 Å². The fraction of sp³-hybridized carbons (Fsp3) is 1.00. The Labute approximate surface area is 153 Å². The highest BCUT2D eigenvalue weighted by molar-refractivity contribution is 7.87. The first-order valence-corrected chi connectivity index (χ1v) is 11.5. The summed E-state index contributed by atoms with van der Waals surface area (Å²) in [4.78, 5) is 2.58. The molecule has 6 nitrogen and oxygen atoms in total. The van der Waals surface area contributed by atoms with Gasteiger partial charge in [-0.3, -0.25) is 4.90 Å². The van der Waals surface area contributed by atoms with Crippen molar-refractivity contribution in [2.75, 3.05) is 46.4 Å². The van der Waals surface area contributed by atoms with Gasteiger partial charge >= 0.3 is 0 Å². The zero-order chi connectivity index (χ0) is 17.8. The minimum atomic E-state index is -3.40. The molecule has 2 heterocycles. The summed E-state index contributed by atoms with van der Waals surface area (Å²) in [7, 11) is -1.71. The number of likely N-dealkylation sites (tertiary alicyclic amines) is 1. The van der Waals surface area contributed by atoms with Crippen molar-refractivity contribution >= 4 is 10.2 Å². The summed E-state index contributed by atoms with van der Waals surface area (Å²) in [6.07, 6.45) is 10.5. The maximum atomic E-state index is 12.9. The van der Waals surface area contributed by atoms with Crippen molar-refractivity contribution in [2.24, 2.45) is 5.92 Å². The van der Waals surface area contributed by atoms with E-state index in [2.05, 4.69) is 9.62 Å². The van der Waals surface area contributed by atoms with Crippen LogP contribution in [-0.4, -0.2) is 69.6 Å². The Kier molecular flexibility index (Phi) is 6.77. The van der Waals surface area contributed by atoms with Crippen LogP contribution >= 0.6 is 0 Å². The van der Waals surface area contributed by atoms with Gasteiger partial charge in [0.15, 0.2) is 0 Å². The molecule has 1 atom stereocenters. The van der Waals surface area contributed by atoms with Gasteiger partial charge in [-0.15, -0.1) is 0 Å². The van der Waals surface area contributed by atoms with Crippen molar-refractivity contribution in [1.29, 1.82) is 0 Å². The lowest BCUT2D eigenvalue weighted by molar-refractivity contribution is 0.0735. The molecule has 7 heteroatoms. The Hall–Kier alpha value is -0.210. The molecule has 0 aromatic carbocycles. The first-order valence-electron chi connectivity index (χ1n) is 10.0. The predicted octanol–water partition coefficient (Wildman–Crippen LogP) is 1.98. The van der Waals surface area contributed by atoms with Crippen LogP contribution in [0.25, 0.3) is 0 Å². The number of hydrogen-bond donors (Lipinski definition) is 1. The Morgan fingerprint density at radius 1 is 1.04 bits per heavy atom. The van der Waals surface area contributed by atoms with E-state index in [1.165, 1.54) is 32.1 Å². The van der Waals surface area contributed by atoms with Crippen LogP contribution in [0, 0.1) is 5.92 Å². The standard InChI is InChI=1S/C18H35N3O3S/c1-24-15-17-8-7-13-21(14-17)25(22,23)19-16-18(9-3-4-10-18)20-11-5-2-6-12-20/h17,19H,2-16H2,1H3/t17-/m0/s1.